The fourth-order valence-corrected chi connectivity index (χ4v) is 3.97. The largest absolute Gasteiger partial charge is 0.331 e. The van der Waals surface area contributed by atoms with E-state index < -0.39 is 29.1 Å². The summed E-state index contributed by atoms with van der Waals surface area (Å²) in [7, 11) is 0. The van der Waals surface area contributed by atoms with E-state index in [1.165, 1.54) is 35.2 Å². The maximum Gasteiger partial charge on any atom is 0.248 e. The summed E-state index contributed by atoms with van der Waals surface area (Å²) in [5.74, 6) is -2.88. The third kappa shape index (κ3) is 3.16. The highest BCUT2D eigenvalue weighted by Gasteiger charge is 2.33. The smallest absolute Gasteiger partial charge is 0.248 e. The Bertz CT molecular complexity index is 1160. The zero-order chi connectivity index (χ0) is 20.0. The molecule has 28 heavy (non-hydrogen) atoms. The number of benzene rings is 2. The Morgan fingerprint density at radius 1 is 1.11 bits per heavy atom. The van der Waals surface area contributed by atoms with E-state index in [2.05, 4.69) is 4.98 Å². The minimum atomic E-state index is -1.15. The van der Waals surface area contributed by atoms with Crippen molar-refractivity contribution in [3.63, 3.8) is 0 Å². The van der Waals surface area contributed by atoms with Crippen LogP contribution in [0.4, 0.5) is 13.2 Å². The first-order valence-electron chi connectivity index (χ1n) is 8.59. The number of carbonyl (C=O) groups is 1. The molecule has 1 N–H and O–H groups in total. The van der Waals surface area contributed by atoms with E-state index in [9.17, 15) is 22.8 Å². The second-order valence-electron chi connectivity index (χ2n) is 6.68. The van der Waals surface area contributed by atoms with Crippen LogP contribution < -0.4 is 5.56 Å². The zero-order valence-electron chi connectivity index (χ0n) is 14.4. The Morgan fingerprint density at radius 3 is 2.64 bits per heavy atom. The van der Waals surface area contributed by atoms with Crippen LogP contribution in [0.5, 0.6) is 0 Å². The van der Waals surface area contributed by atoms with Gasteiger partial charge in [-0.05, 0) is 41.8 Å². The lowest BCUT2D eigenvalue weighted by atomic mass is 10.0. The zero-order valence-corrected chi connectivity index (χ0v) is 15.2. The van der Waals surface area contributed by atoms with Crippen LogP contribution in [0.2, 0.25) is 5.02 Å². The molecule has 1 fully saturated rings. The monoisotopic (exact) mass is 406 g/mol. The molecule has 4 rings (SSSR count). The molecule has 3 aromatic rings. The number of pyridine rings is 1. The van der Waals surface area contributed by atoms with Crippen LogP contribution in [-0.2, 0) is 11.3 Å². The van der Waals surface area contributed by atoms with Gasteiger partial charge in [-0.25, -0.2) is 13.2 Å². The lowest BCUT2D eigenvalue weighted by Crippen LogP contribution is -2.28. The maximum atomic E-state index is 14.1. The molecule has 0 spiro atoms. The van der Waals surface area contributed by atoms with E-state index >= 15 is 0 Å². The van der Waals surface area contributed by atoms with E-state index in [4.69, 9.17) is 11.6 Å². The van der Waals surface area contributed by atoms with Gasteiger partial charge in [0.15, 0.2) is 11.6 Å². The fraction of sp³-hybridized carbons (Fsp3) is 0.200. The normalized spacial score (nSPS) is 16.9. The first kappa shape index (κ1) is 18.6. The Morgan fingerprint density at radius 2 is 1.89 bits per heavy atom. The van der Waals surface area contributed by atoms with Crippen molar-refractivity contribution in [1.82, 2.24) is 9.88 Å². The molecule has 1 saturated heterocycles. The van der Waals surface area contributed by atoms with Crippen molar-refractivity contribution in [3.8, 4) is 0 Å². The predicted octanol–water partition coefficient (Wildman–Crippen LogP) is 4.46. The number of halogens is 4. The molecular weight excluding hydrogens is 393 g/mol. The van der Waals surface area contributed by atoms with Crippen LogP contribution in [-0.4, -0.2) is 15.8 Å². The van der Waals surface area contributed by atoms with Crippen molar-refractivity contribution in [1.29, 1.82) is 0 Å². The molecule has 144 valence electrons. The average Bonchev–Trinajstić information content (AvgIpc) is 2.99. The second-order valence-corrected chi connectivity index (χ2v) is 7.09. The summed E-state index contributed by atoms with van der Waals surface area (Å²) in [6, 6.07) is 7.16. The van der Waals surface area contributed by atoms with Gasteiger partial charge in [-0.3, -0.25) is 9.59 Å². The SMILES string of the molecule is O=C1CCC(c2ccc(F)cc2Cl)N1Cc1cc(=O)[nH]c2c(F)c(F)ccc12. The summed E-state index contributed by atoms with van der Waals surface area (Å²) in [6.45, 7) is 0.0166. The number of likely N-dealkylation sites (tertiary alicyclic amines) is 1. The van der Waals surface area contributed by atoms with Crippen molar-refractivity contribution < 1.29 is 18.0 Å². The quantitative estimate of drug-likeness (QED) is 0.698. The highest BCUT2D eigenvalue weighted by Crippen LogP contribution is 2.38. The molecule has 1 unspecified atom stereocenters. The number of aromatic nitrogens is 1. The maximum absolute atomic E-state index is 14.1. The van der Waals surface area contributed by atoms with Crippen molar-refractivity contribution in [2.75, 3.05) is 0 Å². The molecule has 1 aliphatic rings. The number of fused-ring (bicyclic) bond motifs is 1. The number of nitrogens with zero attached hydrogens (tertiary/aromatic N) is 1. The molecule has 0 bridgehead atoms. The molecule has 0 radical (unpaired) electrons. The van der Waals surface area contributed by atoms with Crippen molar-refractivity contribution in [2.24, 2.45) is 0 Å². The summed E-state index contributed by atoms with van der Waals surface area (Å²) >= 11 is 6.16. The fourth-order valence-electron chi connectivity index (χ4n) is 3.68. The van der Waals surface area contributed by atoms with E-state index in [-0.39, 0.29) is 29.4 Å². The van der Waals surface area contributed by atoms with Gasteiger partial charge in [0.05, 0.1) is 11.6 Å². The van der Waals surface area contributed by atoms with E-state index in [0.29, 0.717) is 22.9 Å². The van der Waals surface area contributed by atoms with Gasteiger partial charge in [-0.1, -0.05) is 17.7 Å². The van der Waals surface area contributed by atoms with Crippen molar-refractivity contribution in [3.05, 3.63) is 80.4 Å². The molecule has 1 atom stereocenters. The Labute approximate surface area is 162 Å². The Kier molecular flexibility index (Phi) is 4.63. The summed E-state index contributed by atoms with van der Waals surface area (Å²) in [5.41, 5.74) is 0.136. The number of hydrogen-bond acceptors (Lipinski definition) is 2. The number of hydrogen-bond donors (Lipinski definition) is 1. The van der Waals surface area contributed by atoms with Crippen LogP contribution in [0.1, 0.15) is 30.0 Å². The molecule has 0 aliphatic carbocycles. The minimum Gasteiger partial charge on any atom is -0.331 e. The number of aromatic amines is 1. The van der Waals surface area contributed by atoms with Gasteiger partial charge in [0.25, 0.3) is 0 Å². The number of rotatable bonds is 3. The van der Waals surface area contributed by atoms with Crippen LogP contribution in [0, 0.1) is 17.5 Å². The van der Waals surface area contributed by atoms with Crippen LogP contribution in [0.3, 0.4) is 0 Å². The topological polar surface area (TPSA) is 53.2 Å². The lowest BCUT2D eigenvalue weighted by molar-refractivity contribution is -0.129. The molecular formula is C20H14ClF3N2O2. The number of carbonyl (C=O) groups excluding carboxylic acids is 1. The van der Waals surface area contributed by atoms with Gasteiger partial charge in [-0.15, -0.1) is 0 Å². The average molecular weight is 407 g/mol. The Balaban J connectivity index is 1.78. The molecule has 0 saturated carbocycles. The van der Waals surface area contributed by atoms with Crippen LogP contribution in [0.15, 0.2) is 41.2 Å². The summed E-state index contributed by atoms with van der Waals surface area (Å²) < 4.78 is 41.0. The van der Waals surface area contributed by atoms with Crippen LogP contribution in [0.25, 0.3) is 10.9 Å². The number of nitrogens with one attached hydrogen (secondary N) is 1. The molecule has 2 aromatic carbocycles. The molecule has 1 amide bonds. The summed E-state index contributed by atoms with van der Waals surface area (Å²) in [6.07, 6.45) is 0.747. The third-order valence-corrected chi connectivity index (χ3v) is 5.31. The van der Waals surface area contributed by atoms with Crippen molar-refractivity contribution >= 4 is 28.4 Å². The van der Waals surface area contributed by atoms with Gasteiger partial charge in [-0.2, -0.15) is 0 Å². The predicted molar refractivity (Wildman–Crippen MR) is 98.4 cm³/mol. The molecule has 2 heterocycles. The molecule has 8 heteroatoms. The highest BCUT2D eigenvalue weighted by molar-refractivity contribution is 6.31. The van der Waals surface area contributed by atoms with Crippen molar-refractivity contribution in [2.45, 2.75) is 25.4 Å². The first-order chi connectivity index (χ1) is 13.3. The standard InChI is InChI=1S/C20H14ClF3N2O2/c21-14-8-11(22)1-2-13(14)16-5-6-18(28)26(16)9-10-7-17(27)25-20-12(10)3-4-15(23)19(20)24/h1-4,7-8,16H,5-6,9H2,(H,25,27). The van der Waals surface area contributed by atoms with Gasteiger partial charge in [0, 0.05) is 29.4 Å². The molecule has 4 nitrogen and oxygen atoms in total. The third-order valence-electron chi connectivity index (χ3n) is 4.98. The first-order valence-corrected chi connectivity index (χ1v) is 8.97. The molecule has 1 aliphatic heterocycles. The lowest BCUT2D eigenvalue weighted by Gasteiger charge is -2.26. The van der Waals surface area contributed by atoms with Gasteiger partial charge in [0.2, 0.25) is 11.5 Å². The second kappa shape index (κ2) is 6.98. The summed E-state index contributed by atoms with van der Waals surface area (Å²) in [5, 5.41) is 0.510. The molecule has 1 aromatic heterocycles. The summed E-state index contributed by atoms with van der Waals surface area (Å²) in [4.78, 5) is 28.2. The minimum absolute atomic E-state index is 0.0166. The number of amides is 1. The van der Waals surface area contributed by atoms with E-state index in [1.54, 1.807) is 0 Å². The van der Waals surface area contributed by atoms with Gasteiger partial charge in [0.1, 0.15) is 5.82 Å². The van der Waals surface area contributed by atoms with E-state index in [0.717, 1.165) is 6.07 Å². The van der Waals surface area contributed by atoms with Gasteiger partial charge >= 0.3 is 0 Å². The highest BCUT2D eigenvalue weighted by atomic mass is 35.5. The number of H-pyrrole nitrogens is 1. The Hall–Kier alpha value is -2.80. The van der Waals surface area contributed by atoms with Crippen LogP contribution >= 0.6 is 11.6 Å². The van der Waals surface area contributed by atoms with Gasteiger partial charge < -0.3 is 9.88 Å². The van der Waals surface area contributed by atoms with E-state index in [1.807, 2.05) is 0 Å².